The van der Waals surface area contributed by atoms with Crippen LogP contribution in [0.5, 0.6) is 0 Å². The smallest absolute Gasteiger partial charge is 0.0635 e. The first kappa shape index (κ1) is 13.1. The maximum absolute atomic E-state index is 5.64. The Labute approximate surface area is 115 Å². The van der Waals surface area contributed by atoms with Gasteiger partial charge in [0.25, 0.3) is 0 Å². The first-order valence-electron chi connectivity index (χ1n) is 7.52. The molecule has 1 aromatic rings. The lowest BCUT2D eigenvalue weighted by Gasteiger charge is -2.42. The maximum Gasteiger partial charge on any atom is 0.0635 e. The van der Waals surface area contributed by atoms with Crippen LogP contribution in [0.15, 0.2) is 30.3 Å². The van der Waals surface area contributed by atoms with Crippen LogP contribution in [0.4, 0.5) is 0 Å². The molecule has 2 aliphatic rings. The number of nitrogens with zero attached hydrogens (tertiary/aromatic N) is 1. The molecule has 1 aromatic carbocycles. The monoisotopic (exact) mass is 260 g/mol. The van der Waals surface area contributed by atoms with Gasteiger partial charge in [0.05, 0.1) is 13.2 Å². The highest BCUT2D eigenvalue weighted by atomic mass is 16.5. The first-order chi connectivity index (χ1) is 9.43. The Morgan fingerprint density at radius 1 is 1.21 bits per heavy atom. The van der Waals surface area contributed by atoms with Crippen molar-refractivity contribution in [1.82, 2.24) is 10.2 Å². The molecule has 0 amide bonds. The Morgan fingerprint density at radius 3 is 2.89 bits per heavy atom. The number of benzene rings is 1. The number of likely N-dealkylation sites (tertiary alicyclic amines) is 1. The summed E-state index contributed by atoms with van der Waals surface area (Å²) in [5.41, 5.74) is 1.42. The molecule has 0 aliphatic carbocycles. The van der Waals surface area contributed by atoms with Crippen molar-refractivity contribution in [3.05, 3.63) is 35.9 Å². The van der Waals surface area contributed by atoms with E-state index < -0.39 is 0 Å². The molecule has 0 aromatic heterocycles. The van der Waals surface area contributed by atoms with Gasteiger partial charge in [0.1, 0.15) is 0 Å². The average Bonchev–Trinajstić information content (AvgIpc) is 2.50. The van der Waals surface area contributed by atoms with Crippen LogP contribution in [0, 0.1) is 0 Å². The Bertz CT molecular complexity index is 376. The van der Waals surface area contributed by atoms with E-state index in [1.807, 2.05) is 0 Å². The van der Waals surface area contributed by atoms with Crippen molar-refractivity contribution in [2.45, 2.75) is 37.9 Å². The van der Waals surface area contributed by atoms with Gasteiger partial charge in [-0.05, 0) is 24.9 Å². The summed E-state index contributed by atoms with van der Waals surface area (Å²) in [4.78, 5) is 2.64. The van der Waals surface area contributed by atoms with Crippen LogP contribution in [0.3, 0.4) is 0 Å². The molecule has 3 rings (SSSR count). The number of piperidine rings is 1. The fraction of sp³-hybridized carbons (Fsp3) is 0.625. The Hall–Kier alpha value is -0.900. The van der Waals surface area contributed by atoms with Crippen molar-refractivity contribution >= 4 is 0 Å². The van der Waals surface area contributed by atoms with E-state index in [4.69, 9.17) is 4.74 Å². The molecule has 19 heavy (non-hydrogen) atoms. The highest BCUT2D eigenvalue weighted by Gasteiger charge is 2.30. The summed E-state index contributed by atoms with van der Waals surface area (Å²) >= 11 is 0. The molecule has 0 spiro atoms. The van der Waals surface area contributed by atoms with E-state index >= 15 is 0 Å². The third-order valence-electron chi connectivity index (χ3n) is 4.31. The average molecular weight is 260 g/mol. The third kappa shape index (κ3) is 3.35. The fourth-order valence-corrected chi connectivity index (χ4v) is 3.32. The lowest BCUT2D eigenvalue weighted by Crippen LogP contribution is -2.56. The molecule has 2 fully saturated rings. The highest BCUT2D eigenvalue weighted by Crippen LogP contribution is 2.23. The van der Waals surface area contributed by atoms with Gasteiger partial charge in [-0.15, -0.1) is 0 Å². The highest BCUT2D eigenvalue weighted by molar-refractivity contribution is 5.15. The molecule has 3 heteroatoms. The van der Waals surface area contributed by atoms with Gasteiger partial charge in [-0.2, -0.15) is 0 Å². The fourth-order valence-electron chi connectivity index (χ4n) is 3.32. The number of nitrogens with one attached hydrogen (secondary N) is 1. The molecule has 1 N–H and O–H groups in total. The SMILES string of the molecule is c1ccc(CN2CCCCC2C2COCCN2)cc1. The van der Waals surface area contributed by atoms with E-state index in [1.54, 1.807) is 0 Å². The van der Waals surface area contributed by atoms with Crippen LogP contribution in [-0.2, 0) is 11.3 Å². The first-order valence-corrected chi connectivity index (χ1v) is 7.52. The summed E-state index contributed by atoms with van der Waals surface area (Å²) in [6.45, 7) is 5.03. The minimum absolute atomic E-state index is 0.512. The van der Waals surface area contributed by atoms with Crippen LogP contribution < -0.4 is 5.32 Å². The summed E-state index contributed by atoms with van der Waals surface area (Å²) in [5, 5.41) is 3.64. The largest absolute Gasteiger partial charge is 0.378 e. The topological polar surface area (TPSA) is 24.5 Å². The number of hydrogen-bond donors (Lipinski definition) is 1. The van der Waals surface area contributed by atoms with E-state index in [2.05, 4.69) is 40.5 Å². The van der Waals surface area contributed by atoms with Gasteiger partial charge in [-0.3, -0.25) is 4.90 Å². The van der Waals surface area contributed by atoms with E-state index in [0.29, 0.717) is 12.1 Å². The standard InChI is InChI=1S/C16H24N2O/c1-2-6-14(7-3-1)12-18-10-5-4-8-16(18)15-13-19-11-9-17-15/h1-3,6-7,15-17H,4-5,8-13H2. The molecule has 2 saturated heterocycles. The van der Waals surface area contributed by atoms with Crippen molar-refractivity contribution < 1.29 is 4.74 Å². The second kappa shape index (κ2) is 6.51. The van der Waals surface area contributed by atoms with Crippen LogP contribution in [0.1, 0.15) is 24.8 Å². The van der Waals surface area contributed by atoms with Gasteiger partial charge in [0.15, 0.2) is 0 Å². The van der Waals surface area contributed by atoms with Crippen molar-refractivity contribution in [2.24, 2.45) is 0 Å². The Balaban J connectivity index is 1.66. The predicted molar refractivity (Wildman–Crippen MR) is 77.1 cm³/mol. The van der Waals surface area contributed by atoms with Gasteiger partial charge < -0.3 is 10.1 Å². The van der Waals surface area contributed by atoms with Crippen LogP contribution in [0.2, 0.25) is 0 Å². The molecular weight excluding hydrogens is 236 g/mol. The van der Waals surface area contributed by atoms with E-state index in [-0.39, 0.29) is 0 Å². The second-order valence-electron chi connectivity index (χ2n) is 5.65. The van der Waals surface area contributed by atoms with Gasteiger partial charge in [-0.25, -0.2) is 0 Å². The summed E-state index contributed by atoms with van der Waals surface area (Å²) in [6, 6.07) is 12.0. The summed E-state index contributed by atoms with van der Waals surface area (Å²) in [7, 11) is 0. The molecule has 0 bridgehead atoms. The molecule has 2 heterocycles. The zero-order valence-corrected chi connectivity index (χ0v) is 11.6. The molecule has 2 atom stereocenters. The Kier molecular flexibility index (Phi) is 4.49. The normalized spacial score (nSPS) is 29.3. The zero-order valence-electron chi connectivity index (χ0n) is 11.6. The van der Waals surface area contributed by atoms with Gasteiger partial charge >= 0.3 is 0 Å². The molecule has 2 unspecified atom stereocenters. The number of hydrogen-bond acceptors (Lipinski definition) is 3. The lowest BCUT2D eigenvalue weighted by atomic mass is 9.94. The summed E-state index contributed by atoms with van der Waals surface area (Å²) < 4.78 is 5.64. The number of morpholine rings is 1. The van der Waals surface area contributed by atoms with Crippen molar-refractivity contribution in [1.29, 1.82) is 0 Å². The minimum atomic E-state index is 0.512. The van der Waals surface area contributed by atoms with Crippen molar-refractivity contribution in [3.63, 3.8) is 0 Å². The molecule has 104 valence electrons. The molecule has 0 radical (unpaired) electrons. The second-order valence-corrected chi connectivity index (χ2v) is 5.65. The molecular formula is C16H24N2O. The molecule has 0 saturated carbocycles. The lowest BCUT2D eigenvalue weighted by molar-refractivity contribution is 0.0193. The number of ether oxygens (including phenoxy) is 1. The summed E-state index contributed by atoms with van der Waals surface area (Å²) in [5.74, 6) is 0. The maximum atomic E-state index is 5.64. The molecule has 3 nitrogen and oxygen atoms in total. The zero-order chi connectivity index (χ0) is 12.9. The quantitative estimate of drug-likeness (QED) is 0.900. The van der Waals surface area contributed by atoms with Gasteiger partial charge in [0, 0.05) is 25.2 Å². The van der Waals surface area contributed by atoms with E-state index in [9.17, 15) is 0 Å². The molecule has 2 aliphatic heterocycles. The van der Waals surface area contributed by atoms with Crippen LogP contribution in [-0.4, -0.2) is 43.3 Å². The van der Waals surface area contributed by atoms with Crippen LogP contribution >= 0.6 is 0 Å². The van der Waals surface area contributed by atoms with Crippen molar-refractivity contribution in [2.75, 3.05) is 26.3 Å². The van der Waals surface area contributed by atoms with Crippen LogP contribution in [0.25, 0.3) is 0 Å². The Morgan fingerprint density at radius 2 is 2.11 bits per heavy atom. The summed E-state index contributed by atoms with van der Waals surface area (Å²) in [6.07, 6.45) is 3.99. The van der Waals surface area contributed by atoms with Gasteiger partial charge in [-0.1, -0.05) is 36.8 Å². The van der Waals surface area contributed by atoms with E-state index in [1.165, 1.54) is 31.4 Å². The minimum Gasteiger partial charge on any atom is -0.378 e. The van der Waals surface area contributed by atoms with Gasteiger partial charge in [0.2, 0.25) is 0 Å². The van der Waals surface area contributed by atoms with E-state index in [0.717, 1.165) is 26.3 Å². The predicted octanol–water partition coefficient (Wildman–Crippen LogP) is 2.03. The number of rotatable bonds is 3. The van der Waals surface area contributed by atoms with Crippen molar-refractivity contribution in [3.8, 4) is 0 Å². The third-order valence-corrected chi connectivity index (χ3v) is 4.31.